The van der Waals surface area contributed by atoms with Crippen LogP contribution >= 0.6 is 0 Å². The Morgan fingerprint density at radius 3 is 2.47 bits per heavy atom. The molecule has 1 aliphatic rings. The van der Waals surface area contributed by atoms with Crippen molar-refractivity contribution in [2.24, 2.45) is 5.41 Å². The zero-order valence-electron chi connectivity index (χ0n) is 11.4. The molecule has 1 aliphatic heterocycles. The molecular formula is C15H22FNO2. The van der Waals surface area contributed by atoms with Gasteiger partial charge in [0.2, 0.25) is 0 Å². The predicted molar refractivity (Wildman–Crippen MR) is 72.3 cm³/mol. The number of ether oxygens (including phenoxy) is 1. The van der Waals surface area contributed by atoms with Gasteiger partial charge in [-0.05, 0) is 37.6 Å². The summed E-state index contributed by atoms with van der Waals surface area (Å²) in [6.45, 7) is 3.26. The molecule has 0 amide bonds. The van der Waals surface area contributed by atoms with Gasteiger partial charge in [0.05, 0.1) is 6.61 Å². The molecule has 1 N–H and O–H groups in total. The van der Waals surface area contributed by atoms with Crippen molar-refractivity contribution in [1.29, 1.82) is 0 Å². The van der Waals surface area contributed by atoms with E-state index in [9.17, 15) is 9.50 Å². The monoisotopic (exact) mass is 267 g/mol. The van der Waals surface area contributed by atoms with Crippen molar-refractivity contribution in [1.82, 2.24) is 4.90 Å². The van der Waals surface area contributed by atoms with Crippen LogP contribution < -0.4 is 0 Å². The molecule has 1 saturated heterocycles. The molecule has 19 heavy (non-hydrogen) atoms. The van der Waals surface area contributed by atoms with Gasteiger partial charge >= 0.3 is 0 Å². The van der Waals surface area contributed by atoms with Crippen LogP contribution in [0.1, 0.15) is 18.4 Å². The third-order valence-corrected chi connectivity index (χ3v) is 3.86. The molecule has 2 rings (SSSR count). The molecule has 0 saturated carbocycles. The number of aliphatic hydroxyl groups is 1. The van der Waals surface area contributed by atoms with Crippen LogP contribution in [0.3, 0.4) is 0 Å². The second kappa shape index (κ2) is 6.46. The van der Waals surface area contributed by atoms with Crippen LogP contribution in [0.25, 0.3) is 0 Å². The van der Waals surface area contributed by atoms with Crippen molar-refractivity contribution in [3.63, 3.8) is 0 Å². The topological polar surface area (TPSA) is 32.7 Å². The van der Waals surface area contributed by atoms with Gasteiger partial charge in [0.25, 0.3) is 0 Å². The molecule has 0 radical (unpaired) electrons. The first-order valence-corrected chi connectivity index (χ1v) is 6.75. The third-order valence-electron chi connectivity index (χ3n) is 3.86. The molecule has 0 spiro atoms. The maximum Gasteiger partial charge on any atom is 0.123 e. The number of rotatable bonds is 5. The lowest BCUT2D eigenvalue weighted by Gasteiger charge is -2.38. The molecule has 0 unspecified atom stereocenters. The Morgan fingerprint density at radius 2 is 1.89 bits per heavy atom. The zero-order valence-corrected chi connectivity index (χ0v) is 11.4. The molecule has 1 aromatic rings. The molecule has 0 bridgehead atoms. The number of hydrogen-bond acceptors (Lipinski definition) is 3. The van der Waals surface area contributed by atoms with Crippen molar-refractivity contribution in [2.45, 2.75) is 19.4 Å². The van der Waals surface area contributed by atoms with Crippen LogP contribution in [-0.4, -0.2) is 43.4 Å². The maximum absolute atomic E-state index is 12.9. The summed E-state index contributed by atoms with van der Waals surface area (Å²) in [5.74, 6) is -0.206. The predicted octanol–water partition coefficient (Wildman–Crippen LogP) is 2.05. The summed E-state index contributed by atoms with van der Waals surface area (Å²) in [6.07, 6.45) is 1.80. The average Bonchev–Trinajstić information content (AvgIpc) is 2.42. The Labute approximate surface area is 114 Å². The summed E-state index contributed by atoms with van der Waals surface area (Å²) in [5.41, 5.74) is 1.04. The van der Waals surface area contributed by atoms with Crippen LogP contribution in [0, 0.1) is 11.2 Å². The molecule has 0 atom stereocenters. The van der Waals surface area contributed by atoms with Gasteiger partial charge in [-0.25, -0.2) is 4.39 Å². The Hall–Kier alpha value is -0.970. The maximum atomic E-state index is 12.9. The lowest BCUT2D eigenvalue weighted by atomic mass is 9.80. The van der Waals surface area contributed by atoms with Crippen LogP contribution in [0.2, 0.25) is 0 Å². The van der Waals surface area contributed by atoms with Gasteiger partial charge in [0.1, 0.15) is 5.82 Å². The summed E-state index contributed by atoms with van der Waals surface area (Å²) in [4.78, 5) is 2.19. The van der Waals surface area contributed by atoms with Gasteiger partial charge in [-0.15, -0.1) is 0 Å². The lowest BCUT2D eigenvalue weighted by molar-refractivity contribution is -0.0318. The highest BCUT2D eigenvalue weighted by Gasteiger charge is 2.33. The van der Waals surface area contributed by atoms with E-state index in [4.69, 9.17) is 4.74 Å². The fraction of sp³-hybridized carbons (Fsp3) is 0.600. The minimum absolute atomic E-state index is 0.0486. The summed E-state index contributed by atoms with van der Waals surface area (Å²) >= 11 is 0. The largest absolute Gasteiger partial charge is 0.396 e. The van der Waals surface area contributed by atoms with Gasteiger partial charge in [-0.3, -0.25) is 0 Å². The molecule has 3 nitrogen and oxygen atoms in total. The van der Waals surface area contributed by atoms with E-state index in [1.807, 2.05) is 7.05 Å². The van der Waals surface area contributed by atoms with Crippen molar-refractivity contribution < 1.29 is 14.2 Å². The van der Waals surface area contributed by atoms with E-state index in [0.717, 1.165) is 44.7 Å². The second-order valence-electron chi connectivity index (χ2n) is 5.57. The van der Waals surface area contributed by atoms with Crippen LogP contribution in [0.15, 0.2) is 24.3 Å². The van der Waals surface area contributed by atoms with E-state index >= 15 is 0 Å². The van der Waals surface area contributed by atoms with Gasteiger partial charge < -0.3 is 14.7 Å². The standard InChI is InChI=1S/C15H22FNO2/c1-17(10-13-2-4-14(16)5-3-13)11-15(12-18)6-8-19-9-7-15/h2-5,18H,6-12H2,1H3. The number of benzene rings is 1. The fourth-order valence-electron chi connectivity index (χ4n) is 2.70. The fourth-order valence-corrected chi connectivity index (χ4v) is 2.70. The summed E-state index contributed by atoms with van der Waals surface area (Å²) < 4.78 is 18.2. The summed E-state index contributed by atoms with van der Waals surface area (Å²) in [6, 6.07) is 6.59. The van der Waals surface area contributed by atoms with Crippen molar-refractivity contribution in [3.05, 3.63) is 35.6 Å². The minimum Gasteiger partial charge on any atom is -0.396 e. The van der Waals surface area contributed by atoms with Crippen molar-refractivity contribution in [3.8, 4) is 0 Å². The number of halogens is 1. The van der Waals surface area contributed by atoms with E-state index in [1.54, 1.807) is 12.1 Å². The van der Waals surface area contributed by atoms with Gasteiger partial charge in [0, 0.05) is 31.7 Å². The zero-order chi connectivity index (χ0) is 13.7. The SMILES string of the molecule is CN(Cc1ccc(F)cc1)CC1(CO)CCOCC1. The molecule has 1 aromatic carbocycles. The van der Waals surface area contributed by atoms with Crippen LogP contribution in [0.5, 0.6) is 0 Å². The Kier molecular flexibility index (Phi) is 4.91. The van der Waals surface area contributed by atoms with E-state index in [1.165, 1.54) is 12.1 Å². The van der Waals surface area contributed by atoms with Gasteiger partial charge in [-0.2, -0.15) is 0 Å². The number of aliphatic hydroxyl groups excluding tert-OH is 1. The quantitative estimate of drug-likeness (QED) is 0.886. The van der Waals surface area contributed by atoms with Crippen LogP contribution in [0.4, 0.5) is 4.39 Å². The van der Waals surface area contributed by atoms with Gasteiger partial charge in [0.15, 0.2) is 0 Å². The van der Waals surface area contributed by atoms with Crippen LogP contribution in [-0.2, 0) is 11.3 Å². The van der Waals surface area contributed by atoms with E-state index < -0.39 is 0 Å². The molecular weight excluding hydrogens is 245 g/mol. The first-order chi connectivity index (χ1) is 9.13. The molecule has 0 aliphatic carbocycles. The Bertz CT molecular complexity index is 388. The highest BCUT2D eigenvalue weighted by atomic mass is 19.1. The minimum atomic E-state index is -0.206. The Morgan fingerprint density at radius 1 is 1.26 bits per heavy atom. The molecule has 106 valence electrons. The third kappa shape index (κ3) is 4.00. The average molecular weight is 267 g/mol. The number of nitrogens with zero attached hydrogens (tertiary/aromatic N) is 1. The van der Waals surface area contributed by atoms with Crippen molar-refractivity contribution in [2.75, 3.05) is 33.4 Å². The molecule has 4 heteroatoms. The lowest BCUT2D eigenvalue weighted by Crippen LogP contribution is -2.42. The molecule has 0 aromatic heterocycles. The summed E-state index contributed by atoms with van der Waals surface area (Å²) in [5, 5.41) is 9.66. The van der Waals surface area contributed by atoms with E-state index in [2.05, 4.69) is 4.90 Å². The first kappa shape index (κ1) is 14.4. The molecule has 1 heterocycles. The van der Waals surface area contributed by atoms with Gasteiger partial charge in [-0.1, -0.05) is 12.1 Å². The Balaban J connectivity index is 1.92. The normalized spacial score (nSPS) is 18.7. The van der Waals surface area contributed by atoms with Crippen molar-refractivity contribution >= 4 is 0 Å². The highest BCUT2D eigenvalue weighted by Crippen LogP contribution is 2.31. The molecule has 1 fully saturated rings. The van der Waals surface area contributed by atoms with E-state index in [-0.39, 0.29) is 17.8 Å². The summed E-state index contributed by atoms with van der Waals surface area (Å²) in [7, 11) is 2.04. The van der Waals surface area contributed by atoms with E-state index in [0.29, 0.717) is 0 Å². The first-order valence-electron chi connectivity index (χ1n) is 6.75. The second-order valence-corrected chi connectivity index (χ2v) is 5.57. The smallest absolute Gasteiger partial charge is 0.123 e. The number of hydrogen-bond donors (Lipinski definition) is 1. The highest BCUT2D eigenvalue weighted by molar-refractivity contribution is 5.15.